The fourth-order valence-electron chi connectivity index (χ4n) is 2.59. The van der Waals surface area contributed by atoms with Gasteiger partial charge < -0.3 is 10.0 Å². The van der Waals surface area contributed by atoms with Gasteiger partial charge in [-0.3, -0.25) is 0 Å². The molecule has 1 aliphatic rings. The van der Waals surface area contributed by atoms with Crippen LogP contribution >= 0.6 is 15.9 Å². The Morgan fingerprint density at radius 3 is 3.16 bits per heavy atom. The lowest BCUT2D eigenvalue weighted by Crippen LogP contribution is -2.38. The van der Waals surface area contributed by atoms with Crippen LogP contribution < -0.4 is 0 Å². The zero-order valence-electron chi connectivity index (χ0n) is 10.2. The van der Waals surface area contributed by atoms with Crippen molar-refractivity contribution in [1.29, 1.82) is 0 Å². The smallest absolute Gasteiger partial charge is 0.407 e. The number of fused-ring (bicyclic) bond motifs is 1. The minimum Gasteiger partial charge on any atom is -0.465 e. The van der Waals surface area contributed by atoms with Gasteiger partial charge in [-0.15, -0.1) is 0 Å². The highest BCUT2D eigenvalue weighted by molar-refractivity contribution is 9.10. The largest absolute Gasteiger partial charge is 0.465 e. The molecule has 100 valence electrons. The molecule has 1 saturated heterocycles. The van der Waals surface area contributed by atoms with Crippen LogP contribution in [0.4, 0.5) is 4.79 Å². The van der Waals surface area contributed by atoms with Gasteiger partial charge in [0.1, 0.15) is 4.60 Å². The van der Waals surface area contributed by atoms with Crippen LogP contribution in [0.1, 0.15) is 24.5 Å². The number of carbonyl (C=O) groups is 1. The van der Waals surface area contributed by atoms with Crippen LogP contribution in [0.2, 0.25) is 0 Å². The Morgan fingerprint density at radius 2 is 2.37 bits per heavy atom. The summed E-state index contributed by atoms with van der Waals surface area (Å²) in [5.41, 5.74) is 1.79. The number of likely N-dealkylation sites (tertiary alicyclic amines) is 1. The van der Waals surface area contributed by atoms with Gasteiger partial charge in [-0.05, 0) is 34.8 Å². The fourth-order valence-corrected chi connectivity index (χ4v) is 2.95. The lowest BCUT2D eigenvalue weighted by Gasteiger charge is -2.30. The van der Waals surface area contributed by atoms with Gasteiger partial charge in [0.2, 0.25) is 0 Å². The molecular weight excluding hydrogens is 312 g/mol. The molecule has 0 aromatic carbocycles. The minimum atomic E-state index is -0.850. The van der Waals surface area contributed by atoms with Crippen molar-refractivity contribution in [3.63, 3.8) is 0 Å². The summed E-state index contributed by atoms with van der Waals surface area (Å²) < 4.78 is 2.53. The number of hydrogen-bond acceptors (Lipinski definition) is 3. The van der Waals surface area contributed by atoms with Gasteiger partial charge in [-0.2, -0.15) is 5.10 Å². The maximum Gasteiger partial charge on any atom is 0.407 e. The third-order valence-corrected chi connectivity index (χ3v) is 3.86. The molecule has 0 bridgehead atoms. The number of hydrogen-bond donors (Lipinski definition) is 1. The van der Waals surface area contributed by atoms with E-state index in [0.29, 0.717) is 13.1 Å². The summed E-state index contributed by atoms with van der Waals surface area (Å²) in [7, 11) is 0. The van der Waals surface area contributed by atoms with Crippen molar-refractivity contribution in [3.8, 4) is 0 Å². The van der Waals surface area contributed by atoms with Gasteiger partial charge in [-0.25, -0.2) is 14.3 Å². The molecule has 0 saturated carbocycles. The van der Waals surface area contributed by atoms with Crippen LogP contribution in [-0.4, -0.2) is 43.8 Å². The molecular formula is C12H13BrN4O2. The summed E-state index contributed by atoms with van der Waals surface area (Å²) in [5.74, 6) is 0.169. The number of rotatable bonds is 1. The Balaban J connectivity index is 1.97. The molecule has 2 aromatic heterocycles. The van der Waals surface area contributed by atoms with Crippen molar-refractivity contribution in [3.05, 3.63) is 28.6 Å². The van der Waals surface area contributed by atoms with E-state index in [2.05, 4.69) is 26.0 Å². The normalized spacial score (nSPS) is 19.8. The summed E-state index contributed by atoms with van der Waals surface area (Å²) in [6.07, 6.45) is 2.75. The Kier molecular flexibility index (Phi) is 3.14. The molecule has 1 aliphatic heterocycles. The molecule has 0 spiro atoms. The molecule has 7 heteroatoms. The van der Waals surface area contributed by atoms with Crippen molar-refractivity contribution < 1.29 is 9.90 Å². The zero-order chi connectivity index (χ0) is 13.4. The van der Waals surface area contributed by atoms with Crippen LogP contribution in [0.15, 0.2) is 22.9 Å². The predicted molar refractivity (Wildman–Crippen MR) is 72.3 cm³/mol. The van der Waals surface area contributed by atoms with Crippen molar-refractivity contribution in [2.75, 3.05) is 13.1 Å². The van der Waals surface area contributed by atoms with E-state index < -0.39 is 6.09 Å². The molecule has 6 nitrogen and oxygen atoms in total. The van der Waals surface area contributed by atoms with Gasteiger partial charge in [0.25, 0.3) is 0 Å². The molecule has 3 rings (SSSR count). The molecule has 1 atom stereocenters. The van der Waals surface area contributed by atoms with Gasteiger partial charge in [0, 0.05) is 31.3 Å². The maximum atomic E-state index is 11.1. The highest BCUT2D eigenvalue weighted by Gasteiger charge is 2.26. The quantitative estimate of drug-likeness (QED) is 0.874. The number of aromatic nitrogens is 3. The van der Waals surface area contributed by atoms with E-state index in [9.17, 15) is 4.79 Å². The van der Waals surface area contributed by atoms with E-state index in [1.54, 1.807) is 10.7 Å². The lowest BCUT2D eigenvalue weighted by molar-refractivity contribution is 0.130. The summed E-state index contributed by atoms with van der Waals surface area (Å²) in [5, 5.41) is 13.5. The molecule has 1 fully saturated rings. The van der Waals surface area contributed by atoms with E-state index in [4.69, 9.17) is 5.11 Å². The Bertz CT molecular complexity index is 627. The third kappa shape index (κ3) is 2.30. The number of piperidine rings is 1. The van der Waals surface area contributed by atoms with Crippen LogP contribution in [0.3, 0.4) is 0 Å². The average molecular weight is 325 g/mol. The maximum absolute atomic E-state index is 11.1. The van der Waals surface area contributed by atoms with Crippen molar-refractivity contribution >= 4 is 27.7 Å². The summed E-state index contributed by atoms with van der Waals surface area (Å²) in [4.78, 5) is 16.8. The fraction of sp³-hybridized carbons (Fsp3) is 0.417. The summed E-state index contributed by atoms with van der Waals surface area (Å²) >= 11 is 3.34. The SMILES string of the molecule is O=C(O)N1CCCC(c2ccnc3cc(Br)nn23)C1. The van der Waals surface area contributed by atoms with Crippen LogP contribution in [0.25, 0.3) is 5.65 Å². The second-order valence-electron chi connectivity index (χ2n) is 4.67. The Hall–Kier alpha value is -1.63. The first-order chi connectivity index (χ1) is 9.15. The lowest BCUT2D eigenvalue weighted by atomic mass is 9.95. The van der Waals surface area contributed by atoms with Gasteiger partial charge >= 0.3 is 6.09 Å². The molecule has 19 heavy (non-hydrogen) atoms. The number of amides is 1. The van der Waals surface area contributed by atoms with E-state index in [1.807, 2.05) is 12.1 Å². The molecule has 1 amide bonds. The zero-order valence-corrected chi connectivity index (χ0v) is 11.7. The highest BCUT2D eigenvalue weighted by atomic mass is 79.9. The van der Waals surface area contributed by atoms with Gasteiger partial charge in [0.15, 0.2) is 5.65 Å². The second kappa shape index (κ2) is 4.80. The molecule has 3 heterocycles. The first-order valence-electron chi connectivity index (χ1n) is 6.13. The molecule has 1 unspecified atom stereocenters. The summed E-state index contributed by atoms with van der Waals surface area (Å²) in [6, 6.07) is 3.77. The van der Waals surface area contributed by atoms with E-state index in [0.717, 1.165) is 28.8 Å². The number of halogens is 1. The first kappa shape index (κ1) is 12.4. The van der Waals surface area contributed by atoms with Crippen molar-refractivity contribution in [1.82, 2.24) is 19.5 Å². The predicted octanol–water partition coefficient (Wildman–Crippen LogP) is 2.35. The van der Waals surface area contributed by atoms with Gasteiger partial charge in [0.05, 0.1) is 5.69 Å². The Labute approximate surface area is 118 Å². The number of carboxylic acid groups (broad SMARTS) is 1. The van der Waals surface area contributed by atoms with Gasteiger partial charge in [-0.1, -0.05) is 0 Å². The Morgan fingerprint density at radius 1 is 1.53 bits per heavy atom. The minimum absolute atomic E-state index is 0.169. The van der Waals surface area contributed by atoms with E-state index >= 15 is 0 Å². The second-order valence-corrected chi connectivity index (χ2v) is 5.49. The molecule has 1 N–H and O–H groups in total. The standard InChI is InChI=1S/C12H13BrN4O2/c13-10-6-11-14-4-3-9(17(11)15-10)8-2-1-5-16(7-8)12(18)19/h3-4,6,8H,1-2,5,7H2,(H,18,19). The van der Waals surface area contributed by atoms with Crippen molar-refractivity contribution in [2.24, 2.45) is 0 Å². The summed E-state index contributed by atoms with van der Waals surface area (Å²) in [6.45, 7) is 1.13. The molecule has 0 radical (unpaired) electrons. The molecule has 2 aromatic rings. The van der Waals surface area contributed by atoms with E-state index in [1.165, 1.54) is 4.90 Å². The molecule has 0 aliphatic carbocycles. The third-order valence-electron chi connectivity index (χ3n) is 3.47. The van der Waals surface area contributed by atoms with Crippen LogP contribution in [-0.2, 0) is 0 Å². The first-order valence-corrected chi connectivity index (χ1v) is 6.92. The van der Waals surface area contributed by atoms with Crippen LogP contribution in [0, 0.1) is 0 Å². The van der Waals surface area contributed by atoms with E-state index in [-0.39, 0.29) is 5.92 Å². The highest BCUT2D eigenvalue weighted by Crippen LogP contribution is 2.27. The topological polar surface area (TPSA) is 70.7 Å². The monoisotopic (exact) mass is 324 g/mol. The van der Waals surface area contributed by atoms with Crippen molar-refractivity contribution in [2.45, 2.75) is 18.8 Å². The number of nitrogens with zero attached hydrogens (tertiary/aromatic N) is 4. The van der Waals surface area contributed by atoms with Crippen LogP contribution in [0.5, 0.6) is 0 Å². The average Bonchev–Trinajstić information content (AvgIpc) is 2.78.